The van der Waals surface area contributed by atoms with Crippen molar-refractivity contribution in [1.29, 1.82) is 0 Å². The Morgan fingerprint density at radius 1 is 0.254 bits per heavy atom. The van der Waals surface area contributed by atoms with Crippen LogP contribution in [0.1, 0.15) is 106 Å². The van der Waals surface area contributed by atoms with E-state index in [1.807, 2.05) is 0 Å². The van der Waals surface area contributed by atoms with Crippen molar-refractivity contribution in [3.05, 3.63) is 215 Å². The first-order valence-corrected chi connectivity index (χ1v) is 26.2. The van der Waals surface area contributed by atoms with E-state index in [0.29, 0.717) is 17.8 Å². The number of hydrogen-bond donors (Lipinski definition) is 0. The zero-order valence-electron chi connectivity index (χ0n) is 36.4. The maximum atomic E-state index is 5.48. The normalized spacial score (nSPS) is 14.2. The molecule has 6 aromatic carbocycles. The molecule has 0 aliphatic carbocycles. The summed E-state index contributed by atoms with van der Waals surface area (Å²) in [7, 11) is 0. The van der Waals surface area contributed by atoms with Crippen LogP contribution < -0.4 is 11.1 Å². The number of anilines is 3. The highest BCUT2D eigenvalue weighted by Crippen LogP contribution is 2.49. The molecule has 0 amide bonds. The average Bonchev–Trinajstić information content (AvgIpc) is 3.34. The second-order valence-corrected chi connectivity index (χ2v) is 23.3. The first-order valence-electron chi connectivity index (χ1n) is 21.2. The van der Waals surface area contributed by atoms with E-state index in [2.05, 4.69) is 235 Å². The highest BCUT2D eigenvalue weighted by molar-refractivity contribution is 8.19. The van der Waals surface area contributed by atoms with Crippen LogP contribution in [-0.2, 0) is 0 Å². The van der Waals surface area contributed by atoms with Gasteiger partial charge in [-0.15, -0.1) is 0 Å². The molecule has 1 aromatic heterocycles. The maximum Gasteiger partial charge on any atom is 0.252 e. The molecule has 0 aliphatic heterocycles. The Balaban J connectivity index is 1.38. The average molecular weight is 943 g/mol. The Labute approximate surface area is 401 Å². The van der Waals surface area contributed by atoms with Crippen LogP contribution in [0.2, 0.25) is 0 Å². The van der Waals surface area contributed by atoms with E-state index < -0.39 is 0 Å². The summed E-state index contributed by atoms with van der Waals surface area (Å²) in [5.41, 5.74) is 7.40. The smallest absolute Gasteiger partial charge is 0.224 e. The van der Waals surface area contributed by atoms with E-state index in [0.717, 1.165) is 0 Å². The van der Waals surface area contributed by atoms with Crippen LogP contribution >= 0.6 is 71.7 Å². The number of benzene rings is 6. The summed E-state index contributed by atoms with van der Waals surface area (Å²) in [6, 6.07) is 64.1. The lowest BCUT2D eigenvalue weighted by Crippen LogP contribution is -2.20. The van der Waals surface area contributed by atoms with Crippen LogP contribution in [0.3, 0.4) is 0 Å². The van der Waals surface area contributed by atoms with Gasteiger partial charge in [0.15, 0.2) is 0 Å². The van der Waals surface area contributed by atoms with Gasteiger partial charge in [0.05, 0.1) is 0 Å². The van der Waals surface area contributed by atoms with Gasteiger partial charge >= 0.3 is 0 Å². The van der Waals surface area contributed by atoms with Crippen molar-refractivity contribution in [1.82, 2.24) is 15.0 Å². The van der Waals surface area contributed by atoms with E-state index in [1.165, 1.54) is 33.4 Å². The molecule has 0 saturated heterocycles. The van der Waals surface area contributed by atoms with Crippen LogP contribution in [0.15, 0.2) is 182 Å². The van der Waals surface area contributed by atoms with E-state index in [4.69, 9.17) is 15.0 Å². The van der Waals surface area contributed by atoms with Gasteiger partial charge in [-0.3, -0.25) is 0 Å². The van der Waals surface area contributed by atoms with Gasteiger partial charge in [0.1, 0.15) is 0 Å². The molecule has 6 nitrogen and oxygen atoms in total. The molecule has 6 atom stereocenters. The third kappa shape index (κ3) is 13.4. The fraction of sp³-hybridized carbons (Fsp3) is 0.235. The van der Waals surface area contributed by atoms with Gasteiger partial charge in [-0.2, -0.15) is 15.0 Å². The predicted octanol–water partition coefficient (Wildman–Crippen LogP) is 16.7. The van der Waals surface area contributed by atoms with Crippen molar-refractivity contribution < 1.29 is 0 Å². The molecule has 0 aliphatic rings. The molecule has 6 unspecified atom stereocenters. The first-order chi connectivity index (χ1) is 30.7. The minimum Gasteiger partial charge on any atom is -0.224 e. The van der Waals surface area contributed by atoms with Crippen molar-refractivity contribution in [2.24, 2.45) is 0 Å². The topological polar surface area (TPSA) is 48.4 Å². The summed E-state index contributed by atoms with van der Waals surface area (Å²) in [6.45, 7) is 13.5. The summed E-state index contributed by atoms with van der Waals surface area (Å²) >= 11 is 10.4. The second-order valence-electron chi connectivity index (χ2n) is 15.0. The van der Waals surface area contributed by atoms with E-state index >= 15 is 0 Å². The SMILES string of the molecule is CC(SN(SC(C)c1ccccc1)c1nc(N(SC(C)c2ccccc2)SC(C)c2ccccc2)nc(N(SC(C)c2ccccc2)SC(C)c2ccccc2)n1)c1ccccc1. The summed E-state index contributed by atoms with van der Waals surface area (Å²) < 4.78 is 6.69. The van der Waals surface area contributed by atoms with Crippen molar-refractivity contribution in [2.75, 3.05) is 11.1 Å². The number of hydrogen-bond acceptors (Lipinski definition) is 12. The minimum absolute atomic E-state index is 0.109. The van der Waals surface area contributed by atoms with Gasteiger partial charge in [0.2, 0.25) is 0 Å². The molecule has 12 heteroatoms. The van der Waals surface area contributed by atoms with Gasteiger partial charge in [-0.25, -0.2) is 11.1 Å². The second kappa shape index (κ2) is 23.7. The summed E-state index contributed by atoms with van der Waals surface area (Å²) in [4.78, 5) is 16.4. The van der Waals surface area contributed by atoms with Crippen LogP contribution in [-0.4, -0.2) is 15.0 Å². The maximum absolute atomic E-state index is 5.48. The predicted molar refractivity (Wildman–Crippen MR) is 282 cm³/mol. The molecular weight excluding hydrogens is 889 g/mol. The van der Waals surface area contributed by atoms with Gasteiger partial charge in [-0.1, -0.05) is 182 Å². The third-order valence-electron chi connectivity index (χ3n) is 10.2. The monoisotopic (exact) mass is 942 g/mol. The molecule has 1 heterocycles. The molecule has 0 radical (unpaired) electrons. The Morgan fingerprint density at radius 2 is 0.397 bits per heavy atom. The fourth-order valence-electron chi connectivity index (χ4n) is 6.52. The number of aromatic nitrogens is 3. The highest BCUT2D eigenvalue weighted by atomic mass is 32.2. The van der Waals surface area contributed by atoms with Crippen molar-refractivity contribution in [2.45, 2.75) is 73.0 Å². The van der Waals surface area contributed by atoms with Crippen LogP contribution in [0, 0.1) is 0 Å². The van der Waals surface area contributed by atoms with E-state index in [-0.39, 0.29) is 31.5 Å². The lowest BCUT2D eigenvalue weighted by molar-refractivity contribution is 1.02. The Morgan fingerprint density at radius 3 is 0.540 bits per heavy atom. The van der Waals surface area contributed by atoms with Gasteiger partial charge < -0.3 is 0 Å². The molecule has 7 aromatic rings. The number of nitrogens with zero attached hydrogens (tertiary/aromatic N) is 6. The molecule has 0 saturated carbocycles. The van der Waals surface area contributed by atoms with Crippen LogP contribution in [0.5, 0.6) is 0 Å². The van der Waals surface area contributed by atoms with Crippen LogP contribution in [0.25, 0.3) is 0 Å². The van der Waals surface area contributed by atoms with Crippen LogP contribution in [0.4, 0.5) is 17.8 Å². The number of rotatable bonds is 21. The van der Waals surface area contributed by atoms with E-state index in [9.17, 15) is 0 Å². The molecule has 324 valence electrons. The Kier molecular flexibility index (Phi) is 17.6. The highest BCUT2D eigenvalue weighted by Gasteiger charge is 2.30. The molecular formula is C51H54N6S6. The lowest BCUT2D eigenvalue weighted by atomic mass is 10.2. The summed E-state index contributed by atoms with van der Waals surface area (Å²) in [5, 5.41) is 0.653. The molecule has 0 N–H and O–H groups in total. The first kappa shape index (κ1) is 46.8. The largest absolute Gasteiger partial charge is 0.252 e. The minimum atomic E-state index is 0.109. The molecule has 63 heavy (non-hydrogen) atoms. The third-order valence-corrected chi connectivity index (χ3v) is 17.4. The van der Waals surface area contributed by atoms with Gasteiger partial charge in [-0.05, 0) is 147 Å². The Hall–Kier alpha value is -4.17. The molecule has 0 fully saturated rings. The molecule has 7 rings (SSSR count). The summed E-state index contributed by atoms with van der Waals surface area (Å²) in [6.07, 6.45) is 0. The lowest BCUT2D eigenvalue weighted by Gasteiger charge is -2.31. The fourth-order valence-corrected chi connectivity index (χ4v) is 13.9. The van der Waals surface area contributed by atoms with Gasteiger partial charge in [0.25, 0.3) is 17.8 Å². The zero-order valence-corrected chi connectivity index (χ0v) is 41.3. The van der Waals surface area contributed by atoms with Crippen molar-refractivity contribution >= 4 is 89.5 Å². The molecule has 0 spiro atoms. The van der Waals surface area contributed by atoms with Crippen molar-refractivity contribution in [3.63, 3.8) is 0 Å². The van der Waals surface area contributed by atoms with Crippen molar-refractivity contribution in [3.8, 4) is 0 Å². The van der Waals surface area contributed by atoms with E-state index in [1.54, 1.807) is 71.7 Å². The Bertz CT molecular complexity index is 1970. The standard InChI is InChI=1S/C51H54N6S6/c1-37(43-25-13-7-14-26-43)58-55(59-38(2)44-27-15-8-16-28-44)49-52-50(56(60-39(3)45-29-17-9-18-30-45)61-40(4)46-31-19-10-20-32-46)54-51(53-49)57(62-41(5)47-33-21-11-22-34-47)63-42(6)48-35-23-12-24-36-48/h7-42H,1-6H3. The summed E-state index contributed by atoms with van der Waals surface area (Å²) in [5.74, 6) is 1.77. The quantitative estimate of drug-likeness (QED) is 0.0645. The van der Waals surface area contributed by atoms with Gasteiger partial charge in [0, 0.05) is 31.5 Å². The molecule has 0 bridgehead atoms. The zero-order chi connectivity index (χ0) is 44.0.